The molecule has 0 saturated heterocycles. The summed E-state index contributed by atoms with van der Waals surface area (Å²) >= 11 is 0. The second-order valence-electron chi connectivity index (χ2n) is 5.02. The van der Waals surface area contributed by atoms with Crippen LogP contribution in [0.3, 0.4) is 0 Å². The van der Waals surface area contributed by atoms with E-state index >= 15 is 0 Å². The molecular formula is C18H16. The van der Waals surface area contributed by atoms with E-state index in [1.165, 1.54) is 32.7 Å². The Labute approximate surface area is 108 Å². The Bertz CT molecular complexity index is 628. The van der Waals surface area contributed by atoms with Crippen LogP contribution in [0, 0.1) is 13.8 Å². The molecular weight excluding hydrogens is 216 g/mol. The van der Waals surface area contributed by atoms with Crippen LogP contribution in [0.1, 0.15) is 11.1 Å². The van der Waals surface area contributed by atoms with Gasteiger partial charge in [-0.2, -0.15) is 0 Å². The lowest BCUT2D eigenvalue weighted by Crippen LogP contribution is -1.75. The molecule has 0 N–H and O–H groups in total. The number of fused-ring (bicyclic) bond motifs is 4. The molecule has 0 fully saturated rings. The van der Waals surface area contributed by atoms with E-state index in [-0.39, 0.29) is 0 Å². The molecule has 0 radical (unpaired) electrons. The first kappa shape index (κ1) is 11.0. The lowest BCUT2D eigenvalue weighted by molar-refractivity contribution is 1.51. The van der Waals surface area contributed by atoms with E-state index < -0.39 is 0 Å². The maximum Gasteiger partial charge on any atom is -0.0248 e. The zero-order valence-corrected chi connectivity index (χ0v) is 10.8. The predicted molar refractivity (Wildman–Crippen MR) is 79.7 cm³/mol. The fraction of sp³-hybridized carbons (Fsp3) is 0.111. The number of benzene rings is 2. The summed E-state index contributed by atoms with van der Waals surface area (Å²) in [6, 6.07) is 22.1. The molecule has 0 aliphatic carbocycles. The second kappa shape index (κ2) is 4.30. The average molecular weight is 232 g/mol. The Balaban J connectivity index is 2.45. The molecule has 0 aliphatic heterocycles. The summed E-state index contributed by atoms with van der Waals surface area (Å²) in [5.74, 6) is 0. The summed E-state index contributed by atoms with van der Waals surface area (Å²) in [5, 5.41) is 5.05. The topological polar surface area (TPSA) is 0 Å². The SMILES string of the molecule is Cc1cc2ccc3cc(C)cc(ccc(c1)c2)c3. The van der Waals surface area contributed by atoms with Gasteiger partial charge in [0, 0.05) is 0 Å². The molecule has 3 aromatic carbocycles. The Hall–Kier alpha value is -2.08. The summed E-state index contributed by atoms with van der Waals surface area (Å²) in [7, 11) is 0. The van der Waals surface area contributed by atoms with Crippen molar-refractivity contribution in [2.45, 2.75) is 13.8 Å². The molecule has 0 aliphatic rings. The van der Waals surface area contributed by atoms with Gasteiger partial charge in [-0.25, -0.2) is 0 Å². The largest absolute Gasteiger partial charge is 0.0544 e. The highest BCUT2D eigenvalue weighted by Gasteiger charge is 1.91. The minimum Gasteiger partial charge on any atom is -0.0544 e. The van der Waals surface area contributed by atoms with E-state index in [4.69, 9.17) is 0 Å². The molecule has 4 bridgehead atoms. The van der Waals surface area contributed by atoms with Gasteiger partial charge in [0.25, 0.3) is 0 Å². The molecule has 0 amide bonds. The molecule has 0 saturated carbocycles. The van der Waals surface area contributed by atoms with Gasteiger partial charge in [0.05, 0.1) is 0 Å². The van der Waals surface area contributed by atoms with Crippen LogP contribution in [-0.2, 0) is 0 Å². The zero-order chi connectivity index (χ0) is 12.5. The molecule has 18 heavy (non-hydrogen) atoms. The summed E-state index contributed by atoms with van der Waals surface area (Å²) in [5.41, 5.74) is 2.61. The lowest BCUT2D eigenvalue weighted by atomic mass is 10.1. The third kappa shape index (κ3) is 2.28. The number of hydrogen-bond donors (Lipinski definition) is 0. The van der Waals surface area contributed by atoms with Crippen LogP contribution in [0.5, 0.6) is 0 Å². The Kier molecular flexibility index (Phi) is 2.64. The average Bonchev–Trinajstić information content (AvgIpc) is 2.32. The van der Waals surface area contributed by atoms with Crippen molar-refractivity contribution >= 4 is 21.5 Å². The fourth-order valence-electron chi connectivity index (χ4n) is 2.46. The molecule has 0 heterocycles. The zero-order valence-electron chi connectivity index (χ0n) is 10.8. The fourth-order valence-corrected chi connectivity index (χ4v) is 2.46. The van der Waals surface area contributed by atoms with Gasteiger partial charge in [-0.15, -0.1) is 0 Å². The molecule has 3 aromatic rings. The van der Waals surface area contributed by atoms with Crippen molar-refractivity contribution in [3.8, 4) is 0 Å². The van der Waals surface area contributed by atoms with E-state index in [1.54, 1.807) is 0 Å². The first-order valence-electron chi connectivity index (χ1n) is 6.29. The Morgan fingerprint density at radius 3 is 1.00 bits per heavy atom. The van der Waals surface area contributed by atoms with Gasteiger partial charge in [-0.1, -0.05) is 48.5 Å². The molecule has 3 rings (SSSR count). The maximum absolute atomic E-state index is 2.22. The third-order valence-corrected chi connectivity index (χ3v) is 3.18. The molecule has 0 atom stereocenters. The van der Waals surface area contributed by atoms with Crippen molar-refractivity contribution in [1.29, 1.82) is 0 Å². The van der Waals surface area contributed by atoms with Crippen molar-refractivity contribution in [3.05, 3.63) is 71.8 Å². The highest BCUT2D eigenvalue weighted by atomic mass is 14.0. The first-order chi connectivity index (χ1) is 8.69. The normalized spacial score (nSPS) is 10.8. The van der Waals surface area contributed by atoms with Crippen molar-refractivity contribution in [3.63, 3.8) is 0 Å². The number of rotatable bonds is 0. The van der Waals surface area contributed by atoms with Gasteiger partial charge < -0.3 is 0 Å². The predicted octanol–water partition coefficient (Wildman–Crippen LogP) is 5.17. The molecule has 0 spiro atoms. The van der Waals surface area contributed by atoms with Crippen LogP contribution in [-0.4, -0.2) is 0 Å². The van der Waals surface area contributed by atoms with Crippen LogP contribution < -0.4 is 0 Å². The summed E-state index contributed by atoms with van der Waals surface area (Å²) in [4.78, 5) is 0. The maximum atomic E-state index is 2.22. The van der Waals surface area contributed by atoms with E-state index in [0.717, 1.165) is 0 Å². The standard InChI is InChI=1S/C18H16/c1-13-7-15-3-5-17-9-14(2)10-18(12-17)6-4-16(8-13)11-15/h3-12H,1-2H3. The van der Waals surface area contributed by atoms with E-state index in [2.05, 4.69) is 74.5 Å². The molecule has 0 nitrogen and oxygen atoms in total. The highest BCUT2D eigenvalue weighted by molar-refractivity contribution is 5.74. The Morgan fingerprint density at radius 2 is 0.722 bits per heavy atom. The van der Waals surface area contributed by atoms with Crippen molar-refractivity contribution in [2.24, 2.45) is 0 Å². The van der Waals surface area contributed by atoms with Crippen LogP contribution in [0.2, 0.25) is 0 Å². The van der Waals surface area contributed by atoms with Crippen molar-refractivity contribution in [2.75, 3.05) is 0 Å². The van der Waals surface area contributed by atoms with Crippen molar-refractivity contribution < 1.29 is 0 Å². The van der Waals surface area contributed by atoms with Gasteiger partial charge in [-0.3, -0.25) is 0 Å². The van der Waals surface area contributed by atoms with Crippen LogP contribution in [0.15, 0.2) is 60.7 Å². The Morgan fingerprint density at radius 1 is 0.444 bits per heavy atom. The molecule has 0 aromatic heterocycles. The summed E-state index contributed by atoms with van der Waals surface area (Å²) in [6.07, 6.45) is 0. The van der Waals surface area contributed by atoms with Crippen LogP contribution in [0.25, 0.3) is 21.5 Å². The smallest absolute Gasteiger partial charge is 0.0248 e. The number of aryl methyl sites for hydroxylation is 2. The molecule has 88 valence electrons. The molecule has 0 heteroatoms. The van der Waals surface area contributed by atoms with E-state index in [9.17, 15) is 0 Å². The first-order valence-corrected chi connectivity index (χ1v) is 6.29. The molecule has 0 unspecified atom stereocenters. The monoisotopic (exact) mass is 232 g/mol. The van der Waals surface area contributed by atoms with Gasteiger partial charge in [-0.05, 0) is 58.7 Å². The van der Waals surface area contributed by atoms with E-state index in [0.29, 0.717) is 0 Å². The minimum absolute atomic E-state index is 1.26. The van der Waals surface area contributed by atoms with E-state index in [1.807, 2.05) is 0 Å². The van der Waals surface area contributed by atoms with Gasteiger partial charge in [0.15, 0.2) is 0 Å². The van der Waals surface area contributed by atoms with Gasteiger partial charge in [0.1, 0.15) is 0 Å². The quantitative estimate of drug-likeness (QED) is 0.501. The summed E-state index contributed by atoms with van der Waals surface area (Å²) < 4.78 is 0. The lowest BCUT2D eigenvalue weighted by Gasteiger charge is -1.98. The minimum atomic E-state index is 1.26. The van der Waals surface area contributed by atoms with Crippen molar-refractivity contribution in [1.82, 2.24) is 0 Å². The summed E-state index contributed by atoms with van der Waals surface area (Å²) in [6.45, 7) is 4.29. The third-order valence-electron chi connectivity index (χ3n) is 3.18. The van der Waals surface area contributed by atoms with Gasteiger partial charge in [0.2, 0.25) is 0 Å². The van der Waals surface area contributed by atoms with Gasteiger partial charge >= 0.3 is 0 Å². The number of hydrogen-bond acceptors (Lipinski definition) is 0. The highest BCUT2D eigenvalue weighted by Crippen LogP contribution is 2.16. The second-order valence-corrected chi connectivity index (χ2v) is 5.02. The van der Waals surface area contributed by atoms with Crippen LogP contribution >= 0.6 is 0 Å². The van der Waals surface area contributed by atoms with Crippen LogP contribution in [0.4, 0.5) is 0 Å².